The standard InChI is InChI=1S/C19H24N2O3/c1-19(2,3)24-18(23)21-16(17(22)20-4)12-14-10-7-9-13-8-5-6-11-15(13)14/h5-11,16H,12H2,1-4H3,(H,20,22)(H,21,23)/t16-/m0/s1. The lowest BCUT2D eigenvalue weighted by Crippen LogP contribution is -2.48. The van der Waals surface area contributed by atoms with E-state index in [1.54, 1.807) is 27.8 Å². The maximum absolute atomic E-state index is 12.2. The van der Waals surface area contributed by atoms with Crippen molar-refractivity contribution in [2.75, 3.05) is 7.05 Å². The van der Waals surface area contributed by atoms with Crippen molar-refractivity contribution < 1.29 is 14.3 Å². The van der Waals surface area contributed by atoms with Crippen LogP contribution in [0.2, 0.25) is 0 Å². The van der Waals surface area contributed by atoms with Crippen LogP contribution in [0.1, 0.15) is 26.3 Å². The molecule has 1 atom stereocenters. The van der Waals surface area contributed by atoms with Crippen molar-refractivity contribution in [3.8, 4) is 0 Å². The molecule has 0 unspecified atom stereocenters. The van der Waals surface area contributed by atoms with E-state index in [0.717, 1.165) is 16.3 Å². The second kappa shape index (κ2) is 7.34. The van der Waals surface area contributed by atoms with E-state index in [2.05, 4.69) is 10.6 Å². The van der Waals surface area contributed by atoms with E-state index < -0.39 is 17.7 Å². The second-order valence-corrected chi connectivity index (χ2v) is 6.66. The fourth-order valence-electron chi connectivity index (χ4n) is 2.52. The Morgan fingerprint density at radius 2 is 1.75 bits per heavy atom. The summed E-state index contributed by atoms with van der Waals surface area (Å²) in [4.78, 5) is 24.2. The second-order valence-electron chi connectivity index (χ2n) is 6.66. The highest BCUT2D eigenvalue weighted by atomic mass is 16.6. The zero-order valence-electron chi connectivity index (χ0n) is 14.6. The van der Waals surface area contributed by atoms with Crippen LogP contribution in [0.15, 0.2) is 42.5 Å². The van der Waals surface area contributed by atoms with Crippen molar-refractivity contribution in [2.24, 2.45) is 0 Å². The molecule has 0 fully saturated rings. The summed E-state index contributed by atoms with van der Waals surface area (Å²) >= 11 is 0. The number of fused-ring (bicyclic) bond motifs is 1. The van der Waals surface area contributed by atoms with Gasteiger partial charge < -0.3 is 15.4 Å². The van der Waals surface area contributed by atoms with Crippen molar-refractivity contribution >= 4 is 22.8 Å². The van der Waals surface area contributed by atoms with Crippen LogP contribution in [0.25, 0.3) is 10.8 Å². The number of rotatable bonds is 4. The number of carbonyl (C=O) groups excluding carboxylic acids is 2. The molecule has 2 N–H and O–H groups in total. The van der Waals surface area contributed by atoms with E-state index in [1.807, 2.05) is 42.5 Å². The Balaban J connectivity index is 2.22. The average molecular weight is 328 g/mol. The number of alkyl carbamates (subject to hydrolysis) is 1. The number of benzene rings is 2. The SMILES string of the molecule is CNC(=O)[C@H](Cc1cccc2ccccc12)NC(=O)OC(C)(C)C. The molecular weight excluding hydrogens is 304 g/mol. The summed E-state index contributed by atoms with van der Waals surface area (Å²) in [5, 5.41) is 7.43. The summed E-state index contributed by atoms with van der Waals surface area (Å²) in [5.74, 6) is -0.256. The lowest BCUT2D eigenvalue weighted by atomic mass is 9.98. The van der Waals surface area contributed by atoms with Gasteiger partial charge in [-0.2, -0.15) is 0 Å². The van der Waals surface area contributed by atoms with Crippen molar-refractivity contribution in [1.82, 2.24) is 10.6 Å². The highest BCUT2D eigenvalue weighted by Gasteiger charge is 2.24. The molecule has 0 bridgehead atoms. The Labute approximate surface area is 142 Å². The van der Waals surface area contributed by atoms with Crippen LogP contribution in [0.3, 0.4) is 0 Å². The van der Waals surface area contributed by atoms with Gasteiger partial charge in [0.15, 0.2) is 0 Å². The minimum Gasteiger partial charge on any atom is -0.444 e. The van der Waals surface area contributed by atoms with Crippen molar-refractivity contribution in [3.05, 3.63) is 48.0 Å². The zero-order valence-corrected chi connectivity index (χ0v) is 14.6. The molecule has 0 aliphatic heterocycles. The summed E-state index contributed by atoms with van der Waals surface area (Å²) in [6, 6.07) is 13.2. The number of ether oxygens (including phenoxy) is 1. The lowest BCUT2D eigenvalue weighted by molar-refractivity contribution is -0.122. The monoisotopic (exact) mass is 328 g/mol. The first kappa shape index (κ1) is 17.8. The topological polar surface area (TPSA) is 67.4 Å². The largest absolute Gasteiger partial charge is 0.444 e. The molecule has 2 rings (SSSR count). The Morgan fingerprint density at radius 1 is 1.08 bits per heavy atom. The molecule has 2 amide bonds. The van der Waals surface area contributed by atoms with Gasteiger partial charge in [0.2, 0.25) is 5.91 Å². The Bertz CT molecular complexity index is 729. The van der Waals surface area contributed by atoms with Gasteiger partial charge in [-0.15, -0.1) is 0 Å². The maximum Gasteiger partial charge on any atom is 0.408 e. The fraction of sp³-hybridized carbons (Fsp3) is 0.368. The number of nitrogens with one attached hydrogen (secondary N) is 2. The molecule has 0 aliphatic rings. The van der Waals surface area contributed by atoms with E-state index in [4.69, 9.17) is 4.74 Å². The van der Waals surface area contributed by atoms with Gasteiger partial charge in [0.1, 0.15) is 11.6 Å². The molecule has 128 valence electrons. The van der Waals surface area contributed by atoms with E-state index in [-0.39, 0.29) is 5.91 Å². The van der Waals surface area contributed by atoms with Gasteiger partial charge in [-0.1, -0.05) is 42.5 Å². The maximum atomic E-state index is 12.2. The van der Waals surface area contributed by atoms with Crippen LogP contribution in [0.4, 0.5) is 4.79 Å². The first-order valence-corrected chi connectivity index (χ1v) is 7.98. The number of likely N-dealkylation sites (N-methyl/N-ethyl adjacent to an activating group) is 1. The number of carbonyl (C=O) groups is 2. The van der Waals surface area contributed by atoms with Crippen LogP contribution in [-0.4, -0.2) is 30.7 Å². The molecule has 0 saturated carbocycles. The van der Waals surface area contributed by atoms with Gasteiger partial charge in [0.05, 0.1) is 0 Å². The highest BCUT2D eigenvalue weighted by molar-refractivity contribution is 5.89. The first-order chi connectivity index (χ1) is 11.3. The molecule has 0 aliphatic carbocycles. The molecule has 0 spiro atoms. The van der Waals surface area contributed by atoms with Gasteiger partial charge in [0, 0.05) is 13.5 Å². The Hall–Kier alpha value is -2.56. The van der Waals surface area contributed by atoms with Crippen molar-refractivity contribution in [1.29, 1.82) is 0 Å². The van der Waals surface area contributed by atoms with Gasteiger partial charge in [-0.25, -0.2) is 4.79 Å². The van der Waals surface area contributed by atoms with Crippen LogP contribution in [0.5, 0.6) is 0 Å². The molecule has 0 aromatic heterocycles. The summed E-state index contributed by atoms with van der Waals surface area (Å²) in [5.41, 5.74) is 0.384. The van der Waals surface area contributed by atoms with Crippen molar-refractivity contribution in [2.45, 2.75) is 38.8 Å². The minimum absolute atomic E-state index is 0.256. The third-order valence-corrected chi connectivity index (χ3v) is 3.56. The van der Waals surface area contributed by atoms with Crippen LogP contribution < -0.4 is 10.6 Å². The molecule has 5 nitrogen and oxygen atoms in total. The summed E-state index contributed by atoms with van der Waals surface area (Å²) in [6.45, 7) is 5.35. The summed E-state index contributed by atoms with van der Waals surface area (Å²) in [7, 11) is 1.55. The van der Waals surface area contributed by atoms with E-state index >= 15 is 0 Å². The lowest BCUT2D eigenvalue weighted by Gasteiger charge is -2.23. The molecule has 24 heavy (non-hydrogen) atoms. The number of hydrogen-bond donors (Lipinski definition) is 2. The molecule has 0 saturated heterocycles. The first-order valence-electron chi connectivity index (χ1n) is 7.98. The Kier molecular flexibility index (Phi) is 5.44. The third kappa shape index (κ3) is 4.72. The smallest absolute Gasteiger partial charge is 0.408 e. The predicted octanol–water partition coefficient (Wildman–Crippen LogP) is 3.02. The highest BCUT2D eigenvalue weighted by Crippen LogP contribution is 2.20. The van der Waals surface area contributed by atoms with Gasteiger partial charge in [-0.3, -0.25) is 4.79 Å². The predicted molar refractivity (Wildman–Crippen MR) is 94.9 cm³/mol. The van der Waals surface area contributed by atoms with Crippen LogP contribution in [-0.2, 0) is 16.0 Å². The summed E-state index contributed by atoms with van der Waals surface area (Å²) in [6.07, 6.45) is -0.211. The molecule has 0 heterocycles. The minimum atomic E-state index is -0.698. The van der Waals surface area contributed by atoms with Crippen LogP contribution in [0, 0.1) is 0 Å². The van der Waals surface area contributed by atoms with Gasteiger partial charge in [0.25, 0.3) is 0 Å². The fourth-order valence-corrected chi connectivity index (χ4v) is 2.52. The Morgan fingerprint density at radius 3 is 2.42 bits per heavy atom. The molecule has 5 heteroatoms. The quantitative estimate of drug-likeness (QED) is 0.906. The van der Waals surface area contributed by atoms with Crippen LogP contribution >= 0.6 is 0 Å². The number of hydrogen-bond acceptors (Lipinski definition) is 3. The molecule has 2 aromatic rings. The van der Waals surface area contributed by atoms with Gasteiger partial charge in [-0.05, 0) is 37.1 Å². The molecule has 0 radical (unpaired) electrons. The average Bonchev–Trinajstić information content (AvgIpc) is 2.52. The van der Waals surface area contributed by atoms with Crippen molar-refractivity contribution in [3.63, 3.8) is 0 Å². The van der Waals surface area contributed by atoms with E-state index in [9.17, 15) is 9.59 Å². The summed E-state index contributed by atoms with van der Waals surface area (Å²) < 4.78 is 5.26. The third-order valence-electron chi connectivity index (χ3n) is 3.56. The van der Waals surface area contributed by atoms with Gasteiger partial charge >= 0.3 is 6.09 Å². The molecular formula is C19H24N2O3. The normalized spacial score (nSPS) is 12.5. The number of amides is 2. The van der Waals surface area contributed by atoms with E-state index in [1.165, 1.54) is 0 Å². The van der Waals surface area contributed by atoms with E-state index in [0.29, 0.717) is 6.42 Å². The zero-order chi connectivity index (χ0) is 17.7. The molecule has 2 aromatic carbocycles.